The lowest BCUT2D eigenvalue weighted by molar-refractivity contribution is -0.137. The number of benzene rings is 1. The van der Waals surface area contributed by atoms with E-state index in [-0.39, 0.29) is 18.5 Å². The van der Waals surface area contributed by atoms with Gasteiger partial charge in [0, 0.05) is 11.4 Å². The highest BCUT2D eigenvalue weighted by Crippen LogP contribution is 2.29. The lowest BCUT2D eigenvalue weighted by atomic mass is 10.1. The first-order valence-corrected chi connectivity index (χ1v) is 7.36. The van der Waals surface area contributed by atoms with Gasteiger partial charge in [0.25, 0.3) is 5.91 Å². The summed E-state index contributed by atoms with van der Waals surface area (Å²) in [6.45, 7) is 3.53. The quantitative estimate of drug-likeness (QED) is 0.941. The monoisotopic (exact) mass is 298 g/mol. The van der Waals surface area contributed by atoms with Crippen molar-refractivity contribution < 1.29 is 14.7 Å². The fourth-order valence-corrected chi connectivity index (χ4v) is 2.64. The average molecular weight is 298 g/mol. The minimum absolute atomic E-state index is 0.0525. The van der Waals surface area contributed by atoms with Crippen LogP contribution in [-0.2, 0) is 4.79 Å². The van der Waals surface area contributed by atoms with E-state index in [0.29, 0.717) is 11.3 Å². The van der Waals surface area contributed by atoms with Crippen LogP contribution in [0.4, 0.5) is 0 Å². The van der Waals surface area contributed by atoms with Crippen LogP contribution in [0.5, 0.6) is 0 Å². The molecule has 3 rings (SSSR count). The lowest BCUT2D eigenvalue weighted by Crippen LogP contribution is -2.37. The van der Waals surface area contributed by atoms with Crippen molar-refractivity contribution in [1.29, 1.82) is 0 Å². The van der Waals surface area contributed by atoms with Crippen LogP contribution in [0, 0.1) is 13.8 Å². The largest absolute Gasteiger partial charge is 0.480 e. The first-order chi connectivity index (χ1) is 10.5. The number of aliphatic carboxylic acids is 1. The molecule has 0 saturated heterocycles. The Morgan fingerprint density at radius 1 is 1.27 bits per heavy atom. The summed E-state index contributed by atoms with van der Waals surface area (Å²) in [7, 11) is 0. The normalized spacial score (nSPS) is 14.1. The molecule has 5 nitrogen and oxygen atoms in total. The fourth-order valence-electron chi connectivity index (χ4n) is 2.64. The molecule has 0 bridgehead atoms. The Morgan fingerprint density at radius 3 is 2.64 bits per heavy atom. The predicted molar refractivity (Wildman–Crippen MR) is 82.9 cm³/mol. The molecule has 0 spiro atoms. The molecular weight excluding hydrogens is 280 g/mol. The molecule has 0 aliphatic heterocycles. The number of carboxylic acids is 1. The van der Waals surface area contributed by atoms with Crippen molar-refractivity contribution in [3.05, 3.63) is 41.1 Å². The van der Waals surface area contributed by atoms with Crippen LogP contribution < -0.4 is 0 Å². The minimum atomic E-state index is -0.984. The van der Waals surface area contributed by atoms with Gasteiger partial charge in [0.1, 0.15) is 6.54 Å². The number of fused-ring (bicyclic) bond motifs is 1. The van der Waals surface area contributed by atoms with Crippen molar-refractivity contribution in [2.45, 2.75) is 32.7 Å². The van der Waals surface area contributed by atoms with Crippen LogP contribution in [0.1, 0.15) is 34.5 Å². The maximum Gasteiger partial charge on any atom is 0.323 e. The number of pyridine rings is 1. The molecule has 1 aromatic carbocycles. The van der Waals surface area contributed by atoms with E-state index in [9.17, 15) is 9.59 Å². The van der Waals surface area contributed by atoms with Crippen molar-refractivity contribution in [3.63, 3.8) is 0 Å². The van der Waals surface area contributed by atoms with E-state index >= 15 is 0 Å². The summed E-state index contributed by atoms with van der Waals surface area (Å²) in [4.78, 5) is 29.7. The molecule has 1 fully saturated rings. The summed E-state index contributed by atoms with van der Waals surface area (Å²) < 4.78 is 0. The Bertz CT molecular complexity index is 766. The molecule has 1 aliphatic carbocycles. The SMILES string of the molecule is Cc1ccc2cc(C(=O)N(CC(=O)O)C3CC3)c(C)nc2c1. The summed E-state index contributed by atoms with van der Waals surface area (Å²) in [6, 6.07) is 7.76. The Hall–Kier alpha value is -2.43. The number of hydrogen-bond donors (Lipinski definition) is 1. The van der Waals surface area contributed by atoms with Gasteiger partial charge in [0.15, 0.2) is 0 Å². The van der Waals surface area contributed by atoms with Crippen molar-refractivity contribution in [1.82, 2.24) is 9.88 Å². The first kappa shape index (κ1) is 14.5. The number of hydrogen-bond acceptors (Lipinski definition) is 3. The van der Waals surface area contributed by atoms with Crippen molar-refractivity contribution in [2.75, 3.05) is 6.54 Å². The second kappa shape index (κ2) is 5.40. The summed E-state index contributed by atoms with van der Waals surface area (Å²) >= 11 is 0. The number of amides is 1. The van der Waals surface area contributed by atoms with Gasteiger partial charge in [0.05, 0.1) is 16.8 Å². The zero-order valence-corrected chi connectivity index (χ0v) is 12.7. The average Bonchev–Trinajstić information content (AvgIpc) is 3.27. The van der Waals surface area contributed by atoms with Crippen molar-refractivity contribution in [2.24, 2.45) is 0 Å². The number of rotatable bonds is 4. The summed E-state index contributed by atoms with van der Waals surface area (Å²) in [5.74, 6) is -1.22. The van der Waals surface area contributed by atoms with E-state index < -0.39 is 5.97 Å². The third-order valence-electron chi connectivity index (χ3n) is 3.95. The molecule has 0 atom stereocenters. The topological polar surface area (TPSA) is 70.5 Å². The number of aryl methyl sites for hydroxylation is 2. The Balaban J connectivity index is 2.00. The molecular formula is C17H18N2O3. The smallest absolute Gasteiger partial charge is 0.323 e. The van der Waals surface area contributed by atoms with Gasteiger partial charge in [-0.3, -0.25) is 14.6 Å². The Kier molecular flexibility index (Phi) is 3.56. The van der Waals surface area contributed by atoms with E-state index in [1.54, 1.807) is 6.92 Å². The second-order valence-electron chi connectivity index (χ2n) is 5.88. The Morgan fingerprint density at radius 2 is 2.00 bits per heavy atom. The number of carbonyl (C=O) groups is 2. The van der Waals surface area contributed by atoms with Crippen LogP contribution >= 0.6 is 0 Å². The number of carbonyl (C=O) groups excluding carboxylic acids is 1. The summed E-state index contributed by atoms with van der Waals surface area (Å²) in [5, 5.41) is 9.91. The predicted octanol–water partition coefficient (Wildman–Crippen LogP) is 2.54. The molecule has 0 unspecified atom stereocenters. The highest BCUT2D eigenvalue weighted by molar-refractivity contribution is 6.00. The summed E-state index contributed by atoms with van der Waals surface area (Å²) in [5.41, 5.74) is 3.10. The molecule has 5 heteroatoms. The van der Waals surface area contributed by atoms with Crippen LogP contribution in [0.2, 0.25) is 0 Å². The molecule has 1 saturated carbocycles. The van der Waals surface area contributed by atoms with Crippen LogP contribution in [-0.4, -0.2) is 39.5 Å². The first-order valence-electron chi connectivity index (χ1n) is 7.36. The highest BCUT2D eigenvalue weighted by Gasteiger charge is 2.35. The van der Waals surface area contributed by atoms with Gasteiger partial charge in [-0.2, -0.15) is 0 Å². The molecule has 1 aromatic heterocycles. The van der Waals surface area contributed by atoms with Gasteiger partial charge in [-0.05, 0) is 44.4 Å². The number of aromatic nitrogens is 1. The number of carboxylic acid groups (broad SMARTS) is 1. The zero-order valence-electron chi connectivity index (χ0n) is 12.7. The lowest BCUT2D eigenvalue weighted by Gasteiger charge is -2.21. The van der Waals surface area contributed by atoms with E-state index in [4.69, 9.17) is 5.11 Å². The minimum Gasteiger partial charge on any atom is -0.480 e. The van der Waals surface area contributed by atoms with Gasteiger partial charge < -0.3 is 10.0 Å². The van der Waals surface area contributed by atoms with Gasteiger partial charge in [0.2, 0.25) is 0 Å². The fraction of sp³-hybridized carbons (Fsp3) is 0.353. The number of nitrogens with zero attached hydrogens (tertiary/aromatic N) is 2. The molecule has 0 radical (unpaired) electrons. The van der Waals surface area contributed by atoms with Gasteiger partial charge in [-0.25, -0.2) is 0 Å². The third-order valence-corrected chi connectivity index (χ3v) is 3.95. The molecule has 114 valence electrons. The van der Waals surface area contributed by atoms with Gasteiger partial charge >= 0.3 is 5.97 Å². The van der Waals surface area contributed by atoms with E-state index in [1.807, 2.05) is 31.2 Å². The Labute approximate surface area is 128 Å². The molecule has 22 heavy (non-hydrogen) atoms. The molecule has 2 aromatic rings. The van der Waals surface area contributed by atoms with Crippen LogP contribution in [0.3, 0.4) is 0 Å². The zero-order chi connectivity index (χ0) is 15.9. The molecule has 1 heterocycles. The molecule has 1 aliphatic rings. The maximum absolute atomic E-state index is 12.7. The van der Waals surface area contributed by atoms with Crippen LogP contribution in [0.15, 0.2) is 24.3 Å². The highest BCUT2D eigenvalue weighted by atomic mass is 16.4. The maximum atomic E-state index is 12.7. The summed E-state index contributed by atoms with van der Waals surface area (Å²) in [6.07, 6.45) is 1.75. The standard InChI is InChI=1S/C17H18N2O3/c1-10-3-4-12-8-14(11(2)18-15(12)7-10)17(22)19(9-16(20)21)13-5-6-13/h3-4,7-8,13H,5-6,9H2,1-2H3,(H,20,21). The van der Waals surface area contributed by atoms with Crippen LogP contribution in [0.25, 0.3) is 10.9 Å². The molecule has 1 amide bonds. The van der Waals surface area contributed by atoms with Crippen molar-refractivity contribution in [3.8, 4) is 0 Å². The van der Waals surface area contributed by atoms with Crippen molar-refractivity contribution >= 4 is 22.8 Å². The second-order valence-corrected chi connectivity index (χ2v) is 5.88. The molecule has 1 N–H and O–H groups in total. The van der Waals surface area contributed by atoms with Gasteiger partial charge in [-0.1, -0.05) is 12.1 Å². The van der Waals surface area contributed by atoms with E-state index in [0.717, 1.165) is 29.3 Å². The van der Waals surface area contributed by atoms with E-state index in [1.165, 1.54) is 4.90 Å². The third kappa shape index (κ3) is 2.79. The van der Waals surface area contributed by atoms with Gasteiger partial charge in [-0.15, -0.1) is 0 Å². The van der Waals surface area contributed by atoms with E-state index in [2.05, 4.69) is 4.98 Å².